The van der Waals surface area contributed by atoms with Gasteiger partial charge >= 0.3 is 17.8 Å². The number of carbonyl (C=O) groups excluding carboxylic acids is 3. The van der Waals surface area contributed by atoms with Crippen LogP contribution in [0.5, 0.6) is 5.75 Å². The number of halogens is 1. The smallest absolute Gasteiger partial charge is 0.343 e. The number of anilines is 1. The summed E-state index contributed by atoms with van der Waals surface area (Å²) < 4.78 is 6.20. The van der Waals surface area contributed by atoms with Gasteiger partial charge in [-0.1, -0.05) is 52.3 Å². The number of benzene rings is 4. The lowest BCUT2D eigenvalue weighted by Crippen LogP contribution is -2.32. The summed E-state index contributed by atoms with van der Waals surface area (Å²) in [6.45, 7) is 0. The van der Waals surface area contributed by atoms with Crippen molar-refractivity contribution in [2.45, 2.75) is 0 Å². The molecular formula is C26H18BrN3O4. The fourth-order valence-corrected chi connectivity index (χ4v) is 3.37. The normalized spacial score (nSPS) is 10.7. The molecule has 4 rings (SSSR count). The van der Waals surface area contributed by atoms with E-state index in [4.69, 9.17) is 4.74 Å². The number of rotatable bonds is 5. The molecule has 0 saturated heterocycles. The Kier molecular flexibility index (Phi) is 7.10. The van der Waals surface area contributed by atoms with Crippen LogP contribution in [0.3, 0.4) is 0 Å². The lowest BCUT2D eigenvalue weighted by atomic mass is 10.1. The lowest BCUT2D eigenvalue weighted by molar-refractivity contribution is -0.136. The van der Waals surface area contributed by atoms with Gasteiger partial charge in [-0.3, -0.25) is 9.59 Å². The molecular weight excluding hydrogens is 498 g/mol. The summed E-state index contributed by atoms with van der Waals surface area (Å²) in [6.07, 6.45) is 1.38. The molecule has 0 aliphatic rings. The average molecular weight is 516 g/mol. The van der Waals surface area contributed by atoms with E-state index in [2.05, 4.69) is 31.8 Å². The first-order valence-electron chi connectivity index (χ1n) is 10.2. The summed E-state index contributed by atoms with van der Waals surface area (Å²) in [4.78, 5) is 36.5. The van der Waals surface area contributed by atoms with Gasteiger partial charge in [0.15, 0.2) is 0 Å². The zero-order chi connectivity index (χ0) is 23.9. The third-order valence-electron chi connectivity index (χ3n) is 4.79. The highest BCUT2D eigenvalue weighted by atomic mass is 79.9. The minimum atomic E-state index is -0.899. The standard InChI is InChI=1S/C26H18BrN3O4/c27-20-12-10-19(11-13-20)26(33)34-21-14-8-17(9-15-21)16-28-30-25(32)24(31)29-23-7-3-5-18-4-1-2-6-22(18)23/h1-16H,(H,29,31)(H,30,32). The maximum absolute atomic E-state index is 12.2. The van der Waals surface area contributed by atoms with Gasteiger partial charge in [0.05, 0.1) is 11.8 Å². The van der Waals surface area contributed by atoms with Gasteiger partial charge < -0.3 is 10.1 Å². The molecule has 34 heavy (non-hydrogen) atoms. The van der Waals surface area contributed by atoms with Crippen molar-refractivity contribution >= 4 is 56.4 Å². The zero-order valence-corrected chi connectivity index (χ0v) is 19.3. The molecule has 0 heterocycles. The predicted octanol–water partition coefficient (Wildman–Crippen LogP) is 4.91. The molecule has 0 aliphatic carbocycles. The van der Waals surface area contributed by atoms with Gasteiger partial charge in [-0.05, 0) is 65.5 Å². The highest BCUT2D eigenvalue weighted by molar-refractivity contribution is 9.10. The van der Waals surface area contributed by atoms with Gasteiger partial charge in [0, 0.05) is 15.5 Å². The molecule has 0 spiro atoms. The highest BCUT2D eigenvalue weighted by Gasteiger charge is 2.14. The van der Waals surface area contributed by atoms with Crippen molar-refractivity contribution in [2.75, 3.05) is 5.32 Å². The summed E-state index contributed by atoms with van der Waals surface area (Å²) >= 11 is 3.32. The van der Waals surface area contributed by atoms with Crippen LogP contribution in [0.15, 0.2) is 101 Å². The fourth-order valence-electron chi connectivity index (χ4n) is 3.10. The third kappa shape index (κ3) is 5.73. The Bertz CT molecular complexity index is 1380. The number of nitrogens with zero attached hydrogens (tertiary/aromatic N) is 1. The van der Waals surface area contributed by atoms with Crippen molar-refractivity contribution in [3.63, 3.8) is 0 Å². The molecule has 2 amide bonds. The lowest BCUT2D eigenvalue weighted by Gasteiger charge is -2.07. The van der Waals surface area contributed by atoms with E-state index in [0.29, 0.717) is 22.6 Å². The quantitative estimate of drug-likeness (QED) is 0.130. The van der Waals surface area contributed by atoms with Crippen LogP contribution in [-0.2, 0) is 9.59 Å². The first kappa shape index (κ1) is 22.9. The number of hydrogen-bond acceptors (Lipinski definition) is 5. The number of nitrogens with one attached hydrogen (secondary N) is 2. The van der Waals surface area contributed by atoms with Crippen LogP contribution in [0.2, 0.25) is 0 Å². The molecule has 0 radical (unpaired) electrons. The van der Waals surface area contributed by atoms with Crippen molar-refractivity contribution in [1.82, 2.24) is 5.43 Å². The second-order valence-corrected chi connectivity index (χ2v) is 8.06. The van der Waals surface area contributed by atoms with E-state index in [-0.39, 0.29) is 0 Å². The maximum Gasteiger partial charge on any atom is 0.343 e. The molecule has 0 atom stereocenters. The topological polar surface area (TPSA) is 96.9 Å². The summed E-state index contributed by atoms with van der Waals surface area (Å²) in [5, 5.41) is 8.19. The Morgan fingerprint density at radius 1 is 0.794 bits per heavy atom. The molecule has 4 aromatic rings. The minimum absolute atomic E-state index is 0.364. The van der Waals surface area contributed by atoms with Crippen LogP contribution in [0.4, 0.5) is 5.69 Å². The molecule has 7 nitrogen and oxygen atoms in total. The van der Waals surface area contributed by atoms with Crippen LogP contribution in [0.1, 0.15) is 15.9 Å². The summed E-state index contributed by atoms with van der Waals surface area (Å²) in [6, 6.07) is 26.3. The Labute approximate surface area is 203 Å². The van der Waals surface area contributed by atoms with Gasteiger partial charge in [-0.25, -0.2) is 10.2 Å². The second-order valence-electron chi connectivity index (χ2n) is 7.15. The van der Waals surface area contributed by atoms with Crippen molar-refractivity contribution < 1.29 is 19.1 Å². The van der Waals surface area contributed by atoms with Crippen LogP contribution >= 0.6 is 15.9 Å². The van der Waals surface area contributed by atoms with Gasteiger partial charge in [-0.2, -0.15) is 5.10 Å². The molecule has 168 valence electrons. The first-order chi connectivity index (χ1) is 16.5. The molecule has 0 unspecified atom stereocenters. The SMILES string of the molecule is O=C(NN=Cc1ccc(OC(=O)c2ccc(Br)cc2)cc1)C(=O)Nc1cccc2ccccc12. The number of fused-ring (bicyclic) bond motifs is 1. The second kappa shape index (κ2) is 10.5. The number of esters is 1. The maximum atomic E-state index is 12.2. The summed E-state index contributed by atoms with van der Waals surface area (Å²) in [7, 11) is 0. The van der Waals surface area contributed by atoms with E-state index >= 15 is 0 Å². The van der Waals surface area contributed by atoms with Crippen LogP contribution in [-0.4, -0.2) is 24.0 Å². The molecule has 0 fully saturated rings. The van der Waals surface area contributed by atoms with Crippen molar-refractivity contribution in [2.24, 2.45) is 5.10 Å². The van der Waals surface area contributed by atoms with Gasteiger partial charge in [-0.15, -0.1) is 0 Å². The van der Waals surface area contributed by atoms with E-state index in [1.54, 1.807) is 60.7 Å². The monoisotopic (exact) mass is 515 g/mol. The largest absolute Gasteiger partial charge is 0.423 e. The Hall–Kier alpha value is -4.30. The molecule has 0 aromatic heterocycles. The Morgan fingerprint density at radius 2 is 1.50 bits per heavy atom. The molecule has 8 heteroatoms. The molecule has 4 aromatic carbocycles. The minimum Gasteiger partial charge on any atom is -0.423 e. The van der Waals surface area contributed by atoms with Crippen molar-refractivity contribution in [1.29, 1.82) is 0 Å². The van der Waals surface area contributed by atoms with Crippen LogP contribution in [0, 0.1) is 0 Å². The fraction of sp³-hybridized carbons (Fsp3) is 0. The predicted molar refractivity (Wildman–Crippen MR) is 134 cm³/mol. The van der Waals surface area contributed by atoms with Gasteiger partial charge in [0.1, 0.15) is 5.75 Å². The van der Waals surface area contributed by atoms with Crippen molar-refractivity contribution in [3.05, 3.63) is 107 Å². The number of amides is 2. The molecule has 0 bridgehead atoms. The number of hydrogen-bond donors (Lipinski definition) is 2. The first-order valence-corrected chi connectivity index (χ1v) is 11.0. The summed E-state index contributed by atoms with van der Waals surface area (Å²) in [5.41, 5.74) is 3.81. The third-order valence-corrected chi connectivity index (χ3v) is 5.32. The number of hydrazone groups is 1. The van der Waals surface area contributed by atoms with E-state index in [0.717, 1.165) is 15.2 Å². The zero-order valence-electron chi connectivity index (χ0n) is 17.7. The average Bonchev–Trinajstić information content (AvgIpc) is 2.85. The molecule has 2 N–H and O–H groups in total. The number of ether oxygens (including phenoxy) is 1. The van der Waals surface area contributed by atoms with Gasteiger partial charge in [0.25, 0.3) is 0 Å². The highest BCUT2D eigenvalue weighted by Crippen LogP contribution is 2.22. The Morgan fingerprint density at radius 3 is 2.26 bits per heavy atom. The van der Waals surface area contributed by atoms with Crippen LogP contribution < -0.4 is 15.5 Å². The van der Waals surface area contributed by atoms with Crippen LogP contribution in [0.25, 0.3) is 10.8 Å². The van der Waals surface area contributed by atoms with Crippen molar-refractivity contribution in [3.8, 4) is 5.75 Å². The molecule has 0 saturated carbocycles. The van der Waals surface area contributed by atoms with E-state index < -0.39 is 17.8 Å². The number of carbonyl (C=O) groups is 3. The van der Waals surface area contributed by atoms with E-state index in [9.17, 15) is 14.4 Å². The molecule has 0 aliphatic heterocycles. The Balaban J connectivity index is 1.31. The van der Waals surface area contributed by atoms with E-state index in [1.807, 2.05) is 30.3 Å². The summed E-state index contributed by atoms with van der Waals surface area (Å²) in [5.74, 6) is -1.84. The van der Waals surface area contributed by atoms with Gasteiger partial charge in [0.2, 0.25) is 0 Å². The van der Waals surface area contributed by atoms with E-state index in [1.165, 1.54) is 6.21 Å².